The summed E-state index contributed by atoms with van der Waals surface area (Å²) in [5, 5.41) is 11.1. The molecule has 1 fully saturated rings. The second-order valence-electron chi connectivity index (χ2n) is 8.23. The van der Waals surface area contributed by atoms with E-state index in [0.717, 1.165) is 28.0 Å². The summed E-state index contributed by atoms with van der Waals surface area (Å²) in [4.78, 5) is 33.0. The molecule has 0 aromatic carbocycles. The Bertz CT molecular complexity index is 1030. The zero-order valence-corrected chi connectivity index (χ0v) is 17.1. The van der Waals surface area contributed by atoms with Gasteiger partial charge in [0, 0.05) is 49.3 Å². The van der Waals surface area contributed by atoms with Gasteiger partial charge < -0.3 is 19.9 Å². The standard InChI is InChI=1S/C21H26N6O2/c1-13-11-27(20(28)21(3,4)29)14(2)10-26(13)19-17-16(15-5-7-22-8-6-15)9-23-18(17)24-12-25-19/h5-9,12-14,29H,10-11H2,1-4H3,(H,23,24,25)/t13-,14+/m0/s1. The number of nitrogens with zero attached hydrogens (tertiary/aromatic N) is 5. The first-order valence-electron chi connectivity index (χ1n) is 9.80. The van der Waals surface area contributed by atoms with Gasteiger partial charge in [-0.05, 0) is 45.4 Å². The van der Waals surface area contributed by atoms with Crippen molar-refractivity contribution in [2.24, 2.45) is 0 Å². The molecule has 1 aliphatic heterocycles. The second kappa shape index (κ2) is 7.11. The fraction of sp³-hybridized carbons (Fsp3) is 0.429. The van der Waals surface area contributed by atoms with E-state index in [9.17, 15) is 9.90 Å². The van der Waals surface area contributed by atoms with E-state index >= 15 is 0 Å². The molecule has 1 saturated heterocycles. The molecule has 0 aliphatic carbocycles. The lowest BCUT2D eigenvalue weighted by atomic mass is 10.0. The third-order valence-corrected chi connectivity index (χ3v) is 5.48. The number of piperazine rings is 1. The minimum atomic E-state index is -1.38. The molecule has 29 heavy (non-hydrogen) atoms. The van der Waals surface area contributed by atoms with E-state index in [1.165, 1.54) is 13.8 Å². The van der Waals surface area contributed by atoms with Gasteiger partial charge in [-0.3, -0.25) is 9.78 Å². The second-order valence-corrected chi connectivity index (χ2v) is 8.23. The molecule has 1 aliphatic rings. The molecule has 0 unspecified atom stereocenters. The highest BCUT2D eigenvalue weighted by molar-refractivity contribution is 6.01. The zero-order valence-electron chi connectivity index (χ0n) is 17.1. The maximum Gasteiger partial charge on any atom is 0.254 e. The first kappa shape index (κ1) is 19.3. The zero-order chi connectivity index (χ0) is 20.8. The van der Waals surface area contributed by atoms with Gasteiger partial charge in [0.1, 0.15) is 23.4 Å². The number of nitrogens with one attached hydrogen (secondary N) is 1. The Morgan fingerprint density at radius 3 is 2.59 bits per heavy atom. The Balaban J connectivity index is 1.73. The third kappa shape index (κ3) is 3.44. The summed E-state index contributed by atoms with van der Waals surface area (Å²) in [6.45, 7) is 8.29. The molecule has 1 amide bonds. The molecule has 4 heterocycles. The van der Waals surface area contributed by atoms with Crippen molar-refractivity contribution < 1.29 is 9.90 Å². The van der Waals surface area contributed by atoms with E-state index < -0.39 is 5.60 Å². The SMILES string of the molecule is C[C@@H]1CN(c2ncnc3[nH]cc(-c4ccncc4)c23)[C@@H](C)CN1C(=O)C(C)(C)O. The number of aliphatic hydroxyl groups is 1. The average molecular weight is 394 g/mol. The largest absolute Gasteiger partial charge is 0.381 e. The quantitative estimate of drug-likeness (QED) is 0.707. The monoisotopic (exact) mass is 394 g/mol. The minimum Gasteiger partial charge on any atom is -0.381 e. The molecule has 2 atom stereocenters. The Labute approximate surface area is 169 Å². The molecule has 0 spiro atoms. The Kier molecular flexibility index (Phi) is 4.74. The molecule has 0 radical (unpaired) electrons. The molecular formula is C21H26N6O2. The summed E-state index contributed by atoms with van der Waals surface area (Å²) in [6.07, 6.45) is 7.04. The Morgan fingerprint density at radius 2 is 1.90 bits per heavy atom. The summed E-state index contributed by atoms with van der Waals surface area (Å²) in [5.41, 5.74) is 1.45. The van der Waals surface area contributed by atoms with Gasteiger partial charge in [0.15, 0.2) is 0 Å². The number of aromatic nitrogens is 4. The summed E-state index contributed by atoms with van der Waals surface area (Å²) in [6, 6.07) is 3.91. The number of carbonyl (C=O) groups is 1. The highest BCUT2D eigenvalue weighted by Gasteiger charge is 2.38. The third-order valence-electron chi connectivity index (χ3n) is 5.48. The number of fused-ring (bicyclic) bond motifs is 1. The van der Waals surface area contributed by atoms with Crippen LogP contribution in [0.25, 0.3) is 22.2 Å². The van der Waals surface area contributed by atoms with E-state index in [-0.39, 0.29) is 18.0 Å². The van der Waals surface area contributed by atoms with Crippen LogP contribution in [0.4, 0.5) is 5.82 Å². The van der Waals surface area contributed by atoms with Crippen molar-refractivity contribution in [2.45, 2.75) is 45.4 Å². The topological polar surface area (TPSA) is 98.2 Å². The van der Waals surface area contributed by atoms with Crippen LogP contribution in [-0.4, -0.2) is 66.6 Å². The minimum absolute atomic E-state index is 0.0378. The first-order chi connectivity index (χ1) is 13.8. The number of anilines is 1. The van der Waals surface area contributed by atoms with Crippen LogP contribution in [0, 0.1) is 0 Å². The lowest BCUT2D eigenvalue weighted by Gasteiger charge is -2.46. The average Bonchev–Trinajstić information content (AvgIpc) is 3.13. The summed E-state index contributed by atoms with van der Waals surface area (Å²) < 4.78 is 0. The number of amides is 1. The van der Waals surface area contributed by atoms with Gasteiger partial charge in [0.05, 0.1) is 5.39 Å². The van der Waals surface area contributed by atoms with Crippen LogP contribution in [0.1, 0.15) is 27.7 Å². The molecule has 2 N–H and O–H groups in total. The number of pyridine rings is 1. The maximum absolute atomic E-state index is 12.6. The van der Waals surface area contributed by atoms with E-state index in [4.69, 9.17) is 0 Å². The van der Waals surface area contributed by atoms with Crippen molar-refractivity contribution in [3.05, 3.63) is 37.1 Å². The number of aromatic amines is 1. The number of hydrogen-bond donors (Lipinski definition) is 2. The van der Waals surface area contributed by atoms with Gasteiger partial charge in [0.2, 0.25) is 0 Å². The van der Waals surface area contributed by atoms with Gasteiger partial charge in [-0.2, -0.15) is 0 Å². The smallest absolute Gasteiger partial charge is 0.254 e. The lowest BCUT2D eigenvalue weighted by molar-refractivity contribution is -0.151. The number of hydrogen-bond acceptors (Lipinski definition) is 6. The predicted molar refractivity (Wildman–Crippen MR) is 111 cm³/mol. The molecule has 0 bridgehead atoms. The highest BCUT2D eigenvalue weighted by atomic mass is 16.3. The van der Waals surface area contributed by atoms with Gasteiger partial charge in [0.25, 0.3) is 5.91 Å². The molecule has 152 valence electrons. The van der Waals surface area contributed by atoms with Crippen molar-refractivity contribution >= 4 is 22.8 Å². The van der Waals surface area contributed by atoms with Crippen molar-refractivity contribution in [1.29, 1.82) is 0 Å². The Hall–Kier alpha value is -3.00. The van der Waals surface area contributed by atoms with Crippen molar-refractivity contribution in [1.82, 2.24) is 24.8 Å². The van der Waals surface area contributed by atoms with Gasteiger partial charge in [-0.15, -0.1) is 0 Å². The normalized spacial score (nSPS) is 20.3. The van der Waals surface area contributed by atoms with E-state index in [1.807, 2.05) is 25.3 Å². The number of H-pyrrole nitrogens is 1. The van der Waals surface area contributed by atoms with E-state index in [1.54, 1.807) is 23.6 Å². The predicted octanol–water partition coefficient (Wildman–Crippen LogP) is 2.22. The number of carbonyl (C=O) groups excluding carboxylic acids is 1. The first-order valence-corrected chi connectivity index (χ1v) is 9.80. The van der Waals surface area contributed by atoms with E-state index in [0.29, 0.717) is 13.1 Å². The van der Waals surface area contributed by atoms with Crippen molar-refractivity contribution in [3.8, 4) is 11.1 Å². The Morgan fingerprint density at radius 1 is 1.17 bits per heavy atom. The van der Waals surface area contributed by atoms with Crippen molar-refractivity contribution in [3.63, 3.8) is 0 Å². The van der Waals surface area contributed by atoms with Crippen LogP contribution in [0.5, 0.6) is 0 Å². The fourth-order valence-corrected chi connectivity index (χ4v) is 3.98. The van der Waals surface area contributed by atoms with Crippen molar-refractivity contribution in [2.75, 3.05) is 18.0 Å². The van der Waals surface area contributed by atoms with Crippen LogP contribution in [-0.2, 0) is 4.79 Å². The summed E-state index contributed by atoms with van der Waals surface area (Å²) in [7, 11) is 0. The van der Waals surface area contributed by atoms with Gasteiger partial charge >= 0.3 is 0 Å². The molecule has 3 aromatic heterocycles. The van der Waals surface area contributed by atoms with Crippen LogP contribution in [0.2, 0.25) is 0 Å². The molecule has 8 heteroatoms. The van der Waals surface area contributed by atoms with Crippen LogP contribution < -0.4 is 4.90 Å². The van der Waals surface area contributed by atoms with Gasteiger partial charge in [-0.25, -0.2) is 9.97 Å². The van der Waals surface area contributed by atoms with Crippen LogP contribution in [0.15, 0.2) is 37.1 Å². The van der Waals surface area contributed by atoms with Crippen LogP contribution in [0.3, 0.4) is 0 Å². The lowest BCUT2D eigenvalue weighted by Crippen LogP contribution is -2.61. The van der Waals surface area contributed by atoms with Crippen LogP contribution >= 0.6 is 0 Å². The van der Waals surface area contributed by atoms with E-state index in [2.05, 4.69) is 31.8 Å². The van der Waals surface area contributed by atoms with Gasteiger partial charge in [-0.1, -0.05) is 0 Å². The number of rotatable bonds is 3. The maximum atomic E-state index is 12.6. The molecular weight excluding hydrogens is 368 g/mol. The molecule has 3 aromatic rings. The summed E-state index contributed by atoms with van der Waals surface area (Å²) >= 11 is 0. The fourth-order valence-electron chi connectivity index (χ4n) is 3.98. The molecule has 0 saturated carbocycles. The summed E-state index contributed by atoms with van der Waals surface area (Å²) in [5.74, 6) is 0.598. The molecule has 4 rings (SSSR count). The molecule has 8 nitrogen and oxygen atoms in total. The highest BCUT2D eigenvalue weighted by Crippen LogP contribution is 2.35.